The molecular formula is C19H15F3N2O5S. The standard InChI is InChI=1S/C19H15F3N2O5S/c1-11-3-4-13(15-10-17(29-23-15)19(20,21)22)9-16(11)30(26,27)24-14-7-5-12(6-8-14)18(25)28-2/h3-10,24H,1-2H3. The first-order valence-electron chi connectivity index (χ1n) is 8.37. The number of hydrogen-bond acceptors (Lipinski definition) is 6. The maximum Gasteiger partial charge on any atom is 0.452 e. The maximum atomic E-state index is 12.8. The minimum Gasteiger partial charge on any atom is -0.465 e. The van der Waals surface area contributed by atoms with Crippen LogP contribution in [-0.2, 0) is 20.9 Å². The van der Waals surface area contributed by atoms with Gasteiger partial charge < -0.3 is 9.26 Å². The van der Waals surface area contributed by atoms with E-state index in [-0.39, 0.29) is 27.4 Å². The summed E-state index contributed by atoms with van der Waals surface area (Å²) in [6, 6.07) is 10.3. The van der Waals surface area contributed by atoms with E-state index in [1.165, 1.54) is 49.6 Å². The van der Waals surface area contributed by atoms with Crippen LogP contribution in [0.25, 0.3) is 11.3 Å². The summed E-state index contributed by atoms with van der Waals surface area (Å²) in [6.45, 7) is 1.54. The predicted molar refractivity (Wildman–Crippen MR) is 100 cm³/mol. The third-order valence-corrected chi connectivity index (χ3v) is 5.64. The Hall–Kier alpha value is -3.34. The number of sulfonamides is 1. The van der Waals surface area contributed by atoms with Gasteiger partial charge in [-0.2, -0.15) is 13.2 Å². The lowest BCUT2D eigenvalue weighted by Crippen LogP contribution is -2.14. The van der Waals surface area contributed by atoms with Crippen molar-refractivity contribution >= 4 is 21.7 Å². The maximum absolute atomic E-state index is 12.8. The molecule has 0 aliphatic heterocycles. The van der Waals surface area contributed by atoms with E-state index in [0.29, 0.717) is 11.6 Å². The number of nitrogens with zero attached hydrogens (tertiary/aromatic N) is 1. The molecule has 0 spiro atoms. The highest BCUT2D eigenvalue weighted by Crippen LogP contribution is 2.33. The Kier molecular flexibility index (Phi) is 5.57. The molecule has 11 heteroatoms. The number of rotatable bonds is 5. The number of aromatic nitrogens is 1. The second-order valence-corrected chi connectivity index (χ2v) is 7.88. The number of carbonyl (C=O) groups excluding carboxylic acids is 1. The molecule has 1 N–H and O–H groups in total. The summed E-state index contributed by atoms with van der Waals surface area (Å²) in [7, 11) is -2.86. The van der Waals surface area contributed by atoms with Gasteiger partial charge in [0.1, 0.15) is 5.69 Å². The van der Waals surface area contributed by atoms with Gasteiger partial charge in [-0.25, -0.2) is 13.2 Å². The first-order chi connectivity index (χ1) is 14.0. The smallest absolute Gasteiger partial charge is 0.452 e. The van der Waals surface area contributed by atoms with Crippen LogP contribution in [0.15, 0.2) is 57.9 Å². The van der Waals surface area contributed by atoms with Crippen molar-refractivity contribution in [2.24, 2.45) is 0 Å². The summed E-state index contributed by atoms with van der Waals surface area (Å²) >= 11 is 0. The molecule has 158 valence electrons. The van der Waals surface area contributed by atoms with E-state index < -0.39 is 27.9 Å². The van der Waals surface area contributed by atoms with Gasteiger partial charge in [-0.3, -0.25) is 4.72 Å². The van der Waals surface area contributed by atoms with Gasteiger partial charge in [-0.05, 0) is 42.8 Å². The fourth-order valence-corrected chi connectivity index (χ4v) is 3.93. The molecule has 0 aliphatic carbocycles. The van der Waals surface area contributed by atoms with E-state index in [9.17, 15) is 26.4 Å². The lowest BCUT2D eigenvalue weighted by atomic mass is 10.1. The van der Waals surface area contributed by atoms with Crippen LogP contribution in [0.2, 0.25) is 0 Å². The van der Waals surface area contributed by atoms with Crippen LogP contribution in [0.3, 0.4) is 0 Å². The Labute approximate surface area is 169 Å². The van der Waals surface area contributed by atoms with E-state index in [1.54, 1.807) is 6.92 Å². The molecule has 0 aliphatic rings. The number of alkyl halides is 3. The summed E-state index contributed by atoms with van der Waals surface area (Å²) in [5.74, 6) is -1.86. The van der Waals surface area contributed by atoms with E-state index in [0.717, 1.165) is 0 Å². The topological polar surface area (TPSA) is 98.5 Å². The van der Waals surface area contributed by atoms with Crippen molar-refractivity contribution in [2.45, 2.75) is 18.0 Å². The summed E-state index contributed by atoms with van der Waals surface area (Å²) in [5.41, 5.74) is 0.790. The molecule has 0 saturated carbocycles. The minimum absolute atomic E-state index is 0.140. The van der Waals surface area contributed by atoms with E-state index in [2.05, 4.69) is 19.1 Å². The second-order valence-electron chi connectivity index (χ2n) is 6.23. The minimum atomic E-state index is -4.71. The Morgan fingerprint density at radius 2 is 1.77 bits per heavy atom. The summed E-state index contributed by atoms with van der Waals surface area (Å²) in [5, 5.41) is 3.37. The van der Waals surface area contributed by atoms with Crippen molar-refractivity contribution < 1.29 is 35.6 Å². The van der Waals surface area contributed by atoms with Crippen molar-refractivity contribution in [1.29, 1.82) is 0 Å². The summed E-state index contributed by atoms with van der Waals surface area (Å²) in [6.07, 6.45) is -4.71. The zero-order valence-electron chi connectivity index (χ0n) is 15.6. The van der Waals surface area contributed by atoms with Crippen molar-refractivity contribution in [1.82, 2.24) is 5.16 Å². The summed E-state index contributed by atoms with van der Waals surface area (Å²) < 4.78 is 75.0. The molecule has 1 aromatic heterocycles. The van der Waals surface area contributed by atoms with Crippen LogP contribution in [0.4, 0.5) is 18.9 Å². The zero-order chi connectivity index (χ0) is 22.1. The predicted octanol–water partition coefficient (Wildman–Crippen LogP) is 4.26. The number of halogens is 3. The van der Waals surface area contributed by atoms with Gasteiger partial charge in [-0.15, -0.1) is 0 Å². The Bertz CT molecular complexity index is 1190. The van der Waals surface area contributed by atoms with Crippen LogP contribution in [0, 0.1) is 6.92 Å². The lowest BCUT2D eigenvalue weighted by Gasteiger charge is -2.12. The third kappa shape index (κ3) is 4.46. The molecule has 0 saturated heterocycles. The molecule has 1 heterocycles. The van der Waals surface area contributed by atoms with Gasteiger partial charge >= 0.3 is 12.1 Å². The van der Waals surface area contributed by atoms with Crippen LogP contribution < -0.4 is 4.72 Å². The SMILES string of the molecule is COC(=O)c1ccc(NS(=O)(=O)c2cc(-c3cc(C(F)(F)F)on3)ccc2C)cc1. The van der Waals surface area contributed by atoms with Gasteiger partial charge in [0.25, 0.3) is 10.0 Å². The fourth-order valence-electron chi connectivity index (χ4n) is 2.60. The molecule has 7 nitrogen and oxygen atoms in total. The van der Waals surface area contributed by atoms with E-state index >= 15 is 0 Å². The molecule has 0 atom stereocenters. The monoisotopic (exact) mass is 440 g/mol. The van der Waals surface area contributed by atoms with Crippen LogP contribution >= 0.6 is 0 Å². The van der Waals surface area contributed by atoms with Crippen molar-refractivity contribution in [3.8, 4) is 11.3 Å². The highest BCUT2D eigenvalue weighted by Gasteiger charge is 2.36. The number of carbonyl (C=O) groups is 1. The first kappa shape index (κ1) is 21.4. The second kappa shape index (κ2) is 7.82. The number of aryl methyl sites for hydroxylation is 1. The zero-order valence-corrected chi connectivity index (χ0v) is 16.5. The largest absolute Gasteiger partial charge is 0.465 e. The number of ether oxygens (including phenoxy) is 1. The Balaban J connectivity index is 1.91. The number of anilines is 1. The number of hydrogen-bond donors (Lipinski definition) is 1. The first-order valence-corrected chi connectivity index (χ1v) is 9.86. The van der Waals surface area contributed by atoms with Gasteiger partial charge in [0.05, 0.1) is 17.6 Å². The van der Waals surface area contributed by atoms with Gasteiger partial charge in [0.2, 0.25) is 5.76 Å². The molecule has 3 rings (SSSR count). The fraction of sp³-hybridized carbons (Fsp3) is 0.158. The van der Waals surface area contributed by atoms with Gasteiger partial charge in [-0.1, -0.05) is 17.3 Å². The number of nitrogens with one attached hydrogen (secondary N) is 1. The highest BCUT2D eigenvalue weighted by molar-refractivity contribution is 7.92. The molecule has 0 unspecified atom stereocenters. The highest BCUT2D eigenvalue weighted by atomic mass is 32.2. The van der Waals surface area contributed by atoms with Gasteiger partial charge in [0.15, 0.2) is 0 Å². The lowest BCUT2D eigenvalue weighted by molar-refractivity contribution is -0.155. The van der Waals surface area contributed by atoms with Crippen LogP contribution in [0.1, 0.15) is 21.7 Å². The van der Waals surface area contributed by atoms with Crippen molar-refractivity contribution in [3.05, 3.63) is 65.4 Å². The molecule has 2 aromatic carbocycles. The van der Waals surface area contributed by atoms with E-state index in [4.69, 9.17) is 0 Å². The normalized spacial score (nSPS) is 11.9. The molecule has 3 aromatic rings. The molecular weight excluding hydrogens is 425 g/mol. The van der Waals surface area contributed by atoms with Gasteiger partial charge in [0, 0.05) is 17.3 Å². The number of methoxy groups -OCH3 is 1. The third-order valence-electron chi connectivity index (χ3n) is 4.12. The molecule has 0 fully saturated rings. The van der Waals surface area contributed by atoms with Crippen molar-refractivity contribution in [3.63, 3.8) is 0 Å². The average molecular weight is 440 g/mol. The van der Waals surface area contributed by atoms with E-state index in [1.807, 2.05) is 0 Å². The summed E-state index contributed by atoms with van der Waals surface area (Å²) in [4.78, 5) is 11.3. The Morgan fingerprint density at radius 3 is 2.33 bits per heavy atom. The average Bonchev–Trinajstić information content (AvgIpc) is 3.18. The molecule has 0 amide bonds. The molecule has 0 bridgehead atoms. The van der Waals surface area contributed by atoms with Crippen LogP contribution in [0.5, 0.6) is 0 Å². The van der Waals surface area contributed by atoms with Crippen molar-refractivity contribution in [2.75, 3.05) is 11.8 Å². The Morgan fingerprint density at radius 1 is 1.10 bits per heavy atom. The number of benzene rings is 2. The quantitative estimate of drug-likeness (QED) is 0.596. The molecule has 30 heavy (non-hydrogen) atoms. The number of esters is 1. The molecule has 0 radical (unpaired) electrons. The van der Waals surface area contributed by atoms with Crippen LogP contribution in [-0.4, -0.2) is 26.7 Å².